The summed E-state index contributed by atoms with van der Waals surface area (Å²) in [5.74, 6) is 0.838. The van der Waals surface area contributed by atoms with Gasteiger partial charge in [-0.3, -0.25) is 4.79 Å². The predicted molar refractivity (Wildman–Crippen MR) is 75.3 cm³/mol. The third kappa shape index (κ3) is 3.70. The van der Waals surface area contributed by atoms with Gasteiger partial charge in [0.1, 0.15) is 5.75 Å². The molecule has 0 aromatic heterocycles. The van der Waals surface area contributed by atoms with Crippen LogP contribution in [0.3, 0.4) is 0 Å². The minimum Gasteiger partial charge on any atom is -0.481 e. The van der Waals surface area contributed by atoms with Gasteiger partial charge in [0.25, 0.3) is 5.91 Å². The van der Waals surface area contributed by atoms with E-state index in [-0.39, 0.29) is 5.91 Å². The summed E-state index contributed by atoms with van der Waals surface area (Å²) >= 11 is 0. The van der Waals surface area contributed by atoms with Gasteiger partial charge in [-0.05, 0) is 38.6 Å². The maximum atomic E-state index is 12.3. The van der Waals surface area contributed by atoms with Gasteiger partial charge < -0.3 is 14.5 Å². The molecule has 1 aromatic carbocycles. The van der Waals surface area contributed by atoms with Gasteiger partial charge in [0, 0.05) is 26.2 Å². The topological polar surface area (TPSA) is 32.8 Å². The lowest BCUT2D eigenvalue weighted by molar-refractivity contribution is -0.139. The van der Waals surface area contributed by atoms with Gasteiger partial charge in [-0.1, -0.05) is 12.1 Å². The number of carbonyl (C=O) groups is 1. The standard InChI is InChI=1S/C15H22N2O2/c1-12-5-4-6-14(11-12)19-13(2)15(18)17-9-7-16(3)8-10-17/h4-6,11,13H,7-10H2,1-3H3. The number of benzene rings is 1. The monoisotopic (exact) mass is 262 g/mol. The van der Waals surface area contributed by atoms with Gasteiger partial charge >= 0.3 is 0 Å². The minimum atomic E-state index is -0.426. The van der Waals surface area contributed by atoms with E-state index in [4.69, 9.17) is 4.74 Å². The van der Waals surface area contributed by atoms with Crippen molar-refractivity contribution in [1.29, 1.82) is 0 Å². The molecule has 1 unspecified atom stereocenters. The fraction of sp³-hybridized carbons (Fsp3) is 0.533. The van der Waals surface area contributed by atoms with E-state index in [9.17, 15) is 4.79 Å². The van der Waals surface area contributed by atoms with E-state index >= 15 is 0 Å². The molecule has 0 spiro atoms. The van der Waals surface area contributed by atoms with Crippen LogP contribution in [0.15, 0.2) is 24.3 Å². The maximum absolute atomic E-state index is 12.3. The molecule has 1 heterocycles. The van der Waals surface area contributed by atoms with Crippen LogP contribution in [0.5, 0.6) is 5.75 Å². The quantitative estimate of drug-likeness (QED) is 0.828. The van der Waals surface area contributed by atoms with E-state index in [2.05, 4.69) is 11.9 Å². The second kappa shape index (κ2) is 6.06. The average molecular weight is 262 g/mol. The number of likely N-dealkylation sites (N-methyl/N-ethyl adjacent to an activating group) is 1. The van der Waals surface area contributed by atoms with Crippen molar-refractivity contribution in [2.24, 2.45) is 0 Å². The number of amides is 1. The molecule has 0 aliphatic carbocycles. The molecule has 1 saturated heterocycles. The van der Waals surface area contributed by atoms with Crippen LogP contribution in [0.25, 0.3) is 0 Å². The van der Waals surface area contributed by atoms with Crippen LogP contribution in [0.4, 0.5) is 0 Å². The van der Waals surface area contributed by atoms with Crippen molar-refractivity contribution in [1.82, 2.24) is 9.80 Å². The molecular weight excluding hydrogens is 240 g/mol. The van der Waals surface area contributed by atoms with Crippen LogP contribution < -0.4 is 4.74 Å². The van der Waals surface area contributed by atoms with Crippen LogP contribution in [0.2, 0.25) is 0 Å². The van der Waals surface area contributed by atoms with Crippen LogP contribution in [-0.2, 0) is 4.79 Å². The zero-order valence-corrected chi connectivity index (χ0v) is 11.9. The Hall–Kier alpha value is -1.55. The van der Waals surface area contributed by atoms with E-state index in [1.807, 2.05) is 43.0 Å². The van der Waals surface area contributed by atoms with Crippen molar-refractivity contribution >= 4 is 5.91 Å². The normalized spacial score (nSPS) is 18.2. The molecule has 1 fully saturated rings. The van der Waals surface area contributed by atoms with Crippen molar-refractivity contribution in [2.45, 2.75) is 20.0 Å². The summed E-state index contributed by atoms with van der Waals surface area (Å²) in [6.45, 7) is 7.28. The highest BCUT2D eigenvalue weighted by Gasteiger charge is 2.24. The number of nitrogens with zero attached hydrogens (tertiary/aromatic N) is 2. The van der Waals surface area contributed by atoms with E-state index in [0.29, 0.717) is 0 Å². The molecule has 0 saturated carbocycles. The summed E-state index contributed by atoms with van der Waals surface area (Å²) in [5, 5.41) is 0. The Kier molecular flexibility index (Phi) is 4.43. The van der Waals surface area contributed by atoms with Crippen molar-refractivity contribution < 1.29 is 9.53 Å². The predicted octanol–water partition coefficient (Wildman–Crippen LogP) is 1.54. The van der Waals surface area contributed by atoms with Gasteiger partial charge in [-0.2, -0.15) is 0 Å². The highest BCUT2D eigenvalue weighted by atomic mass is 16.5. The van der Waals surface area contributed by atoms with Gasteiger partial charge in [-0.15, -0.1) is 0 Å². The Morgan fingerprint density at radius 1 is 1.26 bits per heavy atom. The summed E-state index contributed by atoms with van der Waals surface area (Å²) in [7, 11) is 2.08. The van der Waals surface area contributed by atoms with E-state index in [1.54, 1.807) is 0 Å². The van der Waals surface area contributed by atoms with Crippen LogP contribution >= 0.6 is 0 Å². The molecule has 1 amide bonds. The highest BCUT2D eigenvalue weighted by molar-refractivity contribution is 5.81. The van der Waals surface area contributed by atoms with Crippen LogP contribution in [-0.4, -0.2) is 55.0 Å². The lowest BCUT2D eigenvalue weighted by Gasteiger charge is -2.33. The van der Waals surface area contributed by atoms with Gasteiger partial charge in [-0.25, -0.2) is 0 Å². The van der Waals surface area contributed by atoms with Crippen molar-refractivity contribution in [3.05, 3.63) is 29.8 Å². The zero-order valence-electron chi connectivity index (χ0n) is 11.9. The van der Waals surface area contributed by atoms with E-state index in [1.165, 1.54) is 0 Å². The van der Waals surface area contributed by atoms with Crippen LogP contribution in [0, 0.1) is 6.92 Å². The average Bonchev–Trinajstić information content (AvgIpc) is 2.39. The van der Waals surface area contributed by atoms with Crippen LogP contribution in [0.1, 0.15) is 12.5 Å². The summed E-state index contributed by atoms with van der Waals surface area (Å²) in [6.07, 6.45) is -0.426. The molecule has 1 aliphatic rings. The number of piperazine rings is 1. The molecule has 1 atom stereocenters. The molecule has 4 heteroatoms. The lowest BCUT2D eigenvalue weighted by atomic mass is 10.2. The van der Waals surface area contributed by atoms with Crippen molar-refractivity contribution in [3.8, 4) is 5.75 Å². The van der Waals surface area contributed by atoms with Crippen molar-refractivity contribution in [2.75, 3.05) is 33.2 Å². The fourth-order valence-electron chi connectivity index (χ4n) is 2.23. The van der Waals surface area contributed by atoms with Gasteiger partial charge in [0.15, 0.2) is 6.10 Å². The Labute approximate surface area is 115 Å². The maximum Gasteiger partial charge on any atom is 0.263 e. The number of hydrogen-bond donors (Lipinski definition) is 0. The Balaban J connectivity index is 1.92. The molecule has 2 rings (SSSR count). The number of ether oxygens (including phenoxy) is 1. The number of hydrogen-bond acceptors (Lipinski definition) is 3. The molecule has 104 valence electrons. The number of aryl methyl sites for hydroxylation is 1. The third-order valence-corrected chi connectivity index (χ3v) is 3.47. The largest absolute Gasteiger partial charge is 0.481 e. The molecule has 19 heavy (non-hydrogen) atoms. The first kappa shape index (κ1) is 13.9. The fourth-order valence-corrected chi connectivity index (χ4v) is 2.23. The Bertz CT molecular complexity index is 440. The first-order valence-corrected chi connectivity index (χ1v) is 6.77. The molecule has 0 N–H and O–H groups in total. The molecule has 0 bridgehead atoms. The van der Waals surface area contributed by atoms with Gasteiger partial charge in [0.05, 0.1) is 0 Å². The molecule has 1 aromatic rings. The second-order valence-electron chi connectivity index (χ2n) is 5.21. The summed E-state index contributed by atoms with van der Waals surface area (Å²) < 4.78 is 5.73. The van der Waals surface area contributed by atoms with E-state index < -0.39 is 6.10 Å². The summed E-state index contributed by atoms with van der Waals surface area (Å²) in [6, 6.07) is 7.80. The molecule has 0 radical (unpaired) electrons. The number of rotatable bonds is 3. The first-order valence-electron chi connectivity index (χ1n) is 6.77. The summed E-state index contributed by atoms with van der Waals surface area (Å²) in [4.78, 5) is 16.4. The molecule has 1 aliphatic heterocycles. The van der Waals surface area contributed by atoms with Gasteiger partial charge in [0.2, 0.25) is 0 Å². The van der Waals surface area contributed by atoms with E-state index in [0.717, 1.165) is 37.5 Å². The minimum absolute atomic E-state index is 0.0783. The molecule has 4 nitrogen and oxygen atoms in total. The number of carbonyl (C=O) groups excluding carboxylic acids is 1. The lowest BCUT2D eigenvalue weighted by Crippen LogP contribution is -2.50. The molecular formula is C15H22N2O2. The SMILES string of the molecule is Cc1cccc(OC(C)C(=O)N2CCN(C)CC2)c1. The van der Waals surface area contributed by atoms with Crippen molar-refractivity contribution in [3.63, 3.8) is 0 Å². The third-order valence-electron chi connectivity index (χ3n) is 3.47. The second-order valence-corrected chi connectivity index (χ2v) is 5.21. The smallest absolute Gasteiger partial charge is 0.263 e. The highest BCUT2D eigenvalue weighted by Crippen LogP contribution is 2.15. The zero-order chi connectivity index (χ0) is 13.8. The Morgan fingerprint density at radius 2 is 1.95 bits per heavy atom. The first-order chi connectivity index (χ1) is 9.06. The Morgan fingerprint density at radius 3 is 2.58 bits per heavy atom. The summed E-state index contributed by atoms with van der Waals surface area (Å²) in [5.41, 5.74) is 1.14.